The molecule has 0 amide bonds. The van der Waals surface area contributed by atoms with E-state index in [1.807, 2.05) is 18.5 Å². The summed E-state index contributed by atoms with van der Waals surface area (Å²) in [5.74, 6) is 0.956. The van der Waals surface area contributed by atoms with Crippen molar-refractivity contribution in [3.05, 3.63) is 66.0 Å². The first-order valence-electron chi connectivity index (χ1n) is 12.0. The number of ether oxygens (including phenoxy) is 2. The second-order valence-electron chi connectivity index (χ2n) is 8.75. The number of aromatic nitrogens is 2. The van der Waals surface area contributed by atoms with Crippen LogP contribution in [0.4, 0.5) is 0 Å². The molecule has 1 aromatic heterocycles. The van der Waals surface area contributed by atoms with Gasteiger partial charge in [0.15, 0.2) is 5.96 Å². The van der Waals surface area contributed by atoms with Crippen molar-refractivity contribution in [2.75, 3.05) is 32.8 Å². The Bertz CT molecular complexity index is 1070. The van der Waals surface area contributed by atoms with E-state index in [9.17, 15) is 0 Å². The van der Waals surface area contributed by atoms with E-state index >= 15 is 0 Å². The molecule has 33 heavy (non-hydrogen) atoms. The molecule has 2 aromatic carbocycles. The molecule has 2 atom stereocenters. The van der Waals surface area contributed by atoms with Crippen LogP contribution < -0.4 is 5.32 Å². The molecule has 174 valence electrons. The zero-order valence-electron chi connectivity index (χ0n) is 19.3. The first-order chi connectivity index (χ1) is 16.3. The summed E-state index contributed by atoms with van der Waals surface area (Å²) < 4.78 is 14.1. The standard InChI is InChI=1S/C26H33N5O2/c1-2-27-26(30-13-15-33-25(18-30)24-8-5-14-32-24)28-16-20-9-11-21(12-10-20)17-31-19-29-22-6-3-4-7-23(22)31/h3-4,6-7,9-12,19,24-25H,2,5,8,13-18H2,1H3,(H,27,28). The van der Waals surface area contributed by atoms with Crippen LogP contribution in [0.25, 0.3) is 11.0 Å². The molecular weight excluding hydrogens is 414 g/mol. The lowest BCUT2D eigenvalue weighted by molar-refractivity contribution is -0.0817. The monoisotopic (exact) mass is 447 g/mol. The molecule has 1 N–H and O–H groups in total. The normalized spacial score (nSPS) is 21.6. The van der Waals surface area contributed by atoms with E-state index in [1.54, 1.807) is 0 Å². The van der Waals surface area contributed by atoms with Crippen molar-refractivity contribution in [2.24, 2.45) is 4.99 Å². The summed E-state index contributed by atoms with van der Waals surface area (Å²) in [7, 11) is 0. The fraction of sp³-hybridized carbons (Fsp3) is 0.462. The molecule has 5 rings (SSSR count). The van der Waals surface area contributed by atoms with Gasteiger partial charge in [-0.3, -0.25) is 0 Å². The second kappa shape index (κ2) is 10.4. The molecule has 3 aromatic rings. The molecular formula is C26H33N5O2. The number of aliphatic imine (C=N–C) groups is 1. The van der Waals surface area contributed by atoms with Gasteiger partial charge in [0.1, 0.15) is 6.10 Å². The van der Waals surface area contributed by atoms with E-state index in [4.69, 9.17) is 14.5 Å². The Labute approximate surface area is 195 Å². The van der Waals surface area contributed by atoms with Crippen molar-refractivity contribution in [3.63, 3.8) is 0 Å². The topological polar surface area (TPSA) is 63.9 Å². The summed E-state index contributed by atoms with van der Waals surface area (Å²) in [5.41, 5.74) is 4.65. The van der Waals surface area contributed by atoms with Crippen LogP contribution in [0.2, 0.25) is 0 Å². The Morgan fingerprint density at radius 1 is 1.06 bits per heavy atom. The van der Waals surface area contributed by atoms with Crippen molar-refractivity contribution in [3.8, 4) is 0 Å². The van der Waals surface area contributed by atoms with Gasteiger partial charge in [-0.05, 0) is 43.0 Å². The summed E-state index contributed by atoms with van der Waals surface area (Å²) in [6.07, 6.45) is 4.48. The molecule has 7 heteroatoms. The average Bonchev–Trinajstić information content (AvgIpc) is 3.54. The van der Waals surface area contributed by atoms with Crippen LogP contribution in [0.5, 0.6) is 0 Å². The zero-order chi connectivity index (χ0) is 22.5. The van der Waals surface area contributed by atoms with Gasteiger partial charge in [-0.25, -0.2) is 9.98 Å². The molecule has 0 radical (unpaired) electrons. The van der Waals surface area contributed by atoms with Gasteiger partial charge in [0.05, 0.1) is 36.6 Å². The zero-order valence-corrected chi connectivity index (χ0v) is 19.3. The van der Waals surface area contributed by atoms with Crippen molar-refractivity contribution in [1.29, 1.82) is 0 Å². The summed E-state index contributed by atoms with van der Waals surface area (Å²) in [6, 6.07) is 17.0. The lowest BCUT2D eigenvalue weighted by Gasteiger charge is -2.37. The minimum absolute atomic E-state index is 0.128. The predicted octanol–water partition coefficient (Wildman–Crippen LogP) is 3.43. The number of morpholine rings is 1. The highest BCUT2D eigenvalue weighted by Crippen LogP contribution is 2.21. The fourth-order valence-electron chi connectivity index (χ4n) is 4.66. The van der Waals surface area contributed by atoms with E-state index in [0.29, 0.717) is 13.2 Å². The van der Waals surface area contributed by atoms with Crippen molar-refractivity contribution >= 4 is 17.0 Å². The number of nitrogens with zero attached hydrogens (tertiary/aromatic N) is 4. The third-order valence-corrected chi connectivity index (χ3v) is 6.42. The second-order valence-corrected chi connectivity index (χ2v) is 8.75. The van der Waals surface area contributed by atoms with E-state index in [2.05, 4.69) is 63.1 Å². The molecule has 0 aliphatic carbocycles. The van der Waals surface area contributed by atoms with Crippen LogP contribution in [-0.4, -0.2) is 65.5 Å². The van der Waals surface area contributed by atoms with Gasteiger partial charge < -0.3 is 24.3 Å². The van der Waals surface area contributed by atoms with Crippen LogP contribution in [0.1, 0.15) is 30.9 Å². The van der Waals surface area contributed by atoms with E-state index in [-0.39, 0.29) is 12.2 Å². The number of hydrogen-bond acceptors (Lipinski definition) is 4. The Kier molecular flexibility index (Phi) is 6.88. The number of guanidine groups is 1. The van der Waals surface area contributed by atoms with Crippen LogP contribution >= 0.6 is 0 Å². The third-order valence-electron chi connectivity index (χ3n) is 6.42. The van der Waals surface area contributed by atoms with Crippen LogP contribution in [0.15, 0.2) is 59.9 Å². The lowest BCUT2D eigenvalue weighted by Crippen LogP contribution is -2.53. The van der Waals surface area contributed by atoms with Crippen molar-refractivity contribution in [2.45, 2.75) is 45.1 Å². The number of para-hydroxylation sites is 2. The van der Waals surface area contributed by atoms with Crippen LogP contribution in [0.3, 0.4) is 0 Å². The summed E-state index contributed by atoms with van der Waals surface area (Å²) >= 11 is 0. The first-order valence-corrected chi connectivity index (χ1v) is 12.0. The van der Waals surface area contributed by atoms with Gasteiger partial charge in [0, 0.05) is 32.8 Å². The number of rotatable bonds is 6. The molecule has 2 aliphatic heterocycles. The van der Waals surface area contributed by atoms with Crippen LogP contribution in [-0.2, 0) is 22.6 Å². The number of benzene rings is 2. The van der Waals surface area contributed by atoms with E-state index < -0.39 is 0 Å². The van der Waals surface area contributed by atoms with E-state index in [0.717, 1.165) is 62.6 Å². The van der Waals surface area contributed by atoms with Gasteiger partial charge in [0.25, 0.3) is 0 Å². The first kappa shape index (κ1) is 21.9. The molecule has 7 nitrogen and oxygen atoms in total. The van der Waals surface area contributed by atoms with Crippen molar-refractivity contribution in [1.82, 2.24) is 19.8 Å². The van der Waals surface area contributed by atoms with Crippen LogP contribution in [0, 0.1) is 0 Å². The van der Waals surface area contributed by atoms with Gasteiger partial charge in [-0.2, -0.15) is 0 Å². The molecule has 0 bridgehead atoms. The molecule has 3 heterocycles. The number of fused-ring (bicyclic) bond motifs is 1. The Morgan fingerprint density at radius 3 is 2.70 bits per heavy atom. The van der Waals surface area contributed by atoms with Gasteiger partial charge in [-0.15, -0.1) is 0 Å². The number of imidazole rings is 1. The molecule has 2 unspecified atom stereocenters. The smallest absolute Gasteiger partial charge is 0.194 e. The lowest BCUT2D eigenvalue weighted by atomic mass is 10.1. The predicted molar refractivity (Wildman–Crippen MR) is 130 cm³/mol. The molecule has 2 aliphatic rings. The number of hydrogen-bond donors (Lipinski definition) is 1. The van der Waals surface area contributed by atoms with Gasteiger partial charge in [-0.1, -0.05) is 36.4 Å². The third kappa shape index (κ3) is 5.20. The molecule has 2 saturated heterocycles. The minimum atomic E-state index is 0.128. The number of nitrogens with one attached hydrogen (secondary N) is 1. The van der Waals surface area contributed by atoms with Gasteiger partial charge >= 0.3 is 0 Å². The maximum absolute atomic E-state index is 6.01. The molecule has 0 saturated carbocycles. The molecule has 0 spiro atoms. The highest BCUT2D eigenvalue weighted by Gasteiger charge is 2.32. The summed E-state index contributed by atoms with van der Waals surface area (Å²) in [6.45, 7) is 7.67. The summed E-state index contributed by atoms with van der Waals surface area (Å²) in [4.78, 5) is 11.7. The SMILES string of the molecule is CCNC(=NCc1ccc(Cn2cnc3ccccc32)cc1)N1CCOC(C2CCCO2)C1. The average molecular weight is 448 g/mol. The van der Waals surface area contributed by atoms with E-state index in [1.165, 1.54) is 11.1 Å². The van der Waals surface area contributed by atoms with Gasteiger partial charge in [0.2, 0.25) is 0 Å². The Hall–Kier alpha value is -2.90. The highest BCUT2D eigenvalue weighted by molar-refractivity contribution is 5.80. The van der Waals surface area contributed by atoms with Crippen molar-refractivity contribution < 1.29 is 9.47 Å². The maximum atomic E-state index is 6.01. The maximum Gasteiger partial charge on any atom is 0.194 e. The quantitative estimate of drug-likeness (QED) is 0.463. The molecule has 2 fully saturated rings. The highest BCUT2D eigenvalue weighted by atomic mass is 16.5. The Balaban J connectivity index is 1.23. The largest absolute Gasteiger partial charge is 0.375 e. The summed E-state index contributed by atoms with van der Waals surface area (Å²) in [5, 5.41) is 3.46. The fourth-order valence-corrected chi connectivity index (χ4v) is 4.66. The Morgan fingerprint density at radius 2 is 1.88 bits per heavy atom. The minimum Gasteiger partial charge on any atom is -0.375 e.